The van der Waals surface area contributed by atoms with Crippen molar-refractivity contribution >= 4 is 0 Å². The molecule has 8 heavy (non-hydrogen) atoms. The number of hydrogen-bond acceptors (Lipinski definition) is 4. The molecule has 0 N–H and O–H groups in total. The van der Waals surface area contributed by atoms with Gasteiger partial charge in [0.1, 0.15) is 6.61 Å². The van der Waals surface area contributed by atoms with Gasteiger partial charge in [-0.05, 0) is 0 Å². The van der Waals surface area contributed by atoms with Crippen LogP contribution >= 0.6 is 0 Å². The van der Waals surface area contributed by atoms with Gasteiger partial charge < -0.3 is 9.26 Å². The topological polar surface area (TPSA) is 48.2 Å². The van der Waals surface area contributed by atoms with E-state index in [4.69, 9.17) is 4.74 Å². The van der Waals surface area contributed by atoms with Gasteiger partial charge in [0.05, 0.1) is 0 Å². The Labute approximate surface area is 46.5 Å². The van der Waals surface area contributed by atoms with Gasteiger partial charge in [-0.15, -0.1) is 0 Å². The molecule has 0 unspecified atom stereocenters. The zero-order chi connectivity index (χ0) is 5.82. The van der Waals surface area contributed by atoms with Gasteiger partial charge in [0.2, 0.25) is 6.39 Å². The Morgan fingerprint density at radius 3 is 3.25 bits per heavy atom. The molecule has 1 heterocycles. The van der Waals surface area contributed by atoms with Crippen molar-refractivity contribution in [3.8, 4) is 0 Å². The highest BCUT2D eigenvalue weighted by Gasteiger charge is 1.92. The monoisotopic (exact) mass is 114 g/mol. The molecule has 0 amide bonds. The quantitative estimate of drug-likeness (QED) is 0.551. The van der Waals surface area contributed by atoms with Gasteiger partial charge in [0.25, 0.3) is 0 Å². The molecule has 0 aliphatic rings. The highest BCUT2D eigenvalue weighted by Crippen LogP contribution is 1.87. The van der Waals surface area contributed by atoms with Crippen LogP contribution in [-0.4, -0.2) is 17.3 Å². The average Bonchev–Trinajstić information content (AvgIpc) is 2.19. The van der Waals surface area contributed by atoms with Crippen molar-refractivity contribution in [2.24, 2.45) is 0 Å². The highest BCUT2D eigenvalue weighted by molar-refractivity contribution is 4.71. The summed E-state index contributed by atoms with van der Waals surface area (Å²) in [7, 11) is 1.58. The summed E-state index contributed by atoms with van der Waals surface area (Å²) < 4.78 is 9.13. The lowest BCUT2D eigenvalue weighted by Crippen LogP contribution is -1.88. The Kier molecular flexibility index (Phi) is 1.58. The van der Waals surface area contributed by atoms with Gasteiger partial charge in [-0.2, -0.15) is 4.98 Å². The maximum absolute atomic E-state index is 4.70. The second-order valence-corrected chi connectivity index (χ2v) is 1.28. The van der Waals surface area contributed by atoms with Crippen LogP contribution in [0.2, 0.25) is 0 Å². The Morgan fingerprint density at radius 1 is 1.88 bits per heavy atom. The number of aromatic nitrogens is 2. The zero-order valence-electron chi connectivity index (χ0n) is 4.50. The van der Waals surface area contributed by atoms with Gasteiger partial charge >= 0.3 is 0 Å². The summed E-state index contributed by atoms with van der Waals surface area (Å²) in [5.74, 6) is 0.576. The Balaban J connectivity index is 2.50. The van der Waals surface area contributed by atoms with E-state index in [0.717, 1.165) is 0 Å². The summed E-state index contributed by atoms with van der Waals surface area (Å²) in [5.41, 5.74) is 0. The molecule has 0 spiro atoms. The van der Waals surface area contributed by atoms with E-state index < -0.39 is 0 Å². The molecule has 0 aromatic carbocycles. The molecular weight excluding hydrogens is 108 g/mol. The first-order valence-electron chi connectivity index (χ1n) is 2.17. The summed E-state index contributed by atoms with van der Waals surface area (Å²) in [6.45, 7) is 0.413. The number of hydrogen-bond donors (Lipinski definition) is 0. The molecule has 44 valence electrons. The molecule has 0 radical (unpaired) electrons. The van der Waals surface area contributed by atoms with E-state index in [1.807, 2.05) is 0 Å². The van der Waals surface area contributed by atoms with Gasteiger partial charge in [0.15, 0.2) is 5.82 Å². The third-order valence-electron chi connectivity index (χ3n) is 0.680. The fourth-order valence-corrected chi connectivity index (χ4v) is 0.385. The van der Waals surface area contributed by atoms with E-state index in [1.165, 1.54) is 6.39 Å². The van der Waals surface area contributed by atoms with Crippen LogP contribution < -0.4 is 0 Å². The largest absolute Gasteiger partial charge is 0.377 e. The molecule has 0 aliphatic heterocycles. The third-order valence-corrected chi connectivity index (χ3v) is 0.680. The van der Waals surface area contributed by atoms with Crippen LogP contribution in [0.5, 0.6) is 0 Å². The van der Waals surface area contributed by atoms with Crippen LogP contribution in [0.15, 0.2) is 10.9 Å². The van der Waals surface area contributed by atoms with Crippen LogP contribution in [-0.2, 0) is 11.3 Å². The predicted octanol–water partition coefficient (Wildman–Crippen LogP) is 0.216. The van der Waals surface area contributed by atoms with E-state index in [0.29, 0.717) is 12.4 Å². The molecule has 0 bridgehead atoms. The first-order chi connectivity index (χ1) is 3.93. The summed E-state index contributed by atoms with van der Waals surface area (Å²) in [6.07, 6.45) is 1.27. The van der Waals surface area contributed by atoms with Crippen molar-refractivity contribution in [2.45, 2.75) is 6.61 Å². The summed E-state index contributed by atoms with van der Waals surface area (Å²) in [5, 5.41) is 3.49. The lowest BCUT2D eigenvalue weighted by atomic mass is 10.7. The van der Waals surface area contributed by atoms with Crippen molar-refractivity contribution in [3.05, 3.63) is 12.2 Å². The summed E-state index contributed by atoms with van der Waals surface area (Å²) >= 11 is 0. The SMILES string of the molecule is COCc1ncon1. The molecule has 1 aromatic heterocycles. The Morgan fingerprint density at radius 2 is 2.75 bits per heavy atom. The first kappa shape index (κ1) is 5.24. The van der Waals surface area contributed by atoms with Crippen LogP contribution in [0.4, 0.5) is 0 Å². The van der Waals surface area contributed by atoms with Crippen molar-refractivity contribution < 1.29 is 9.26 Å². The van der Waals surface area contributed by atoms with Crippen molar-refractivity contribution in [2.75, 3.05) is 7.11 Å². The second-order valence-electron chi connectivity index (χ2n) is 1.28. The van der Waals surface area contributed by atoms with Crippen molar-refractivity contribution in [1.82, 2.24) is 10.1 Å². The minimum Gasteiger partial charge on any atom is -0.377 e. The second kappa shape index (κ2) is 2.42. The molecule has 4 heteroatoms. The molecule has 0 fully saturated rings. The van der Waals surface area contributed by atoms with Gasteiger partial charge in [-0.3, -0.25) is 0 Å². The van der Waals surface area contributed by atoms with E-state index in [2.05, 4.69) is 14.7 Å². The van der Waals surface area contributed by atoms with E-state index >= 15 is 0 Å². The van der Waals surface area contributed by atoms with E-state index in [9.17, 15) is 0 Å². The minimum atomic E-state index is 0.413. The zero-order valence-corrected chi connectivity index (χ0v) is 4.50. The highest BCUT2D eigenvalue weighted by atomic mass is 16.5. The number of methoxy groups -OCH3 is 1. The summed E-state index contributed by atoms with van der Waals surface area (Å²) in [4.78, 5) is 3.70. The smallest absolute Gasteiger partial charge is 0.213 e. The third kappa shape index (κ3) is 1.04. The fraction of sp³-hybridized carbons (Fsp3) is 0.500. The number of nitrogens with zero attached hydrogens (tertiary/aromatic N) is 2. The molecule has 0 saturated carbocycles. The van der Waals surface area contributed by atoms with Crippen molar-refractivity contribution in [1.29, 1.82) is 0 Å². The van der Waals surface area contributed by atoms with Crippen LogP contribution in [0, 0.1) is 0 Å². The maximum Gasteiger partial charge on any atom is 0.213 e. The molecular formula is C4H6N2O2. The first-order valence-corrected chi connectivity index (χ1v) is 2.17. The Bertz CT molecular complexity index is 138. The van der Waals surface area contributed by atoms with Gasteiger partial charge in [0, 0.05) is 7.11 Å². The maximum atomic E-state index is 4.70. The standard InChI is InChI=1S/C4H6N2O2/c1-7-2-4-5-3-8-6-4/h3H,2H2,1H3. The molecule has 0 atom stereocenters. The molecule has 0 saturated heterocycles. The van der Waals surface area contributed by atoms with Crippen molar-refractivity contribution in [3.63, 3.8) is 0 Å². The lowest BCUT2D eigenvalue weighted by molar-refractivity contribution is 0.174. The lowest BCUT2D eigenvalue weighted by Gasteiger charge is -1.84. The molecule has 4 nitrogen and oxygen atoms in total. The van der Waals surface area contributed by atoms with Gasteiger partial charge in [-0.1, -0.05) is 5.16 Å². The van der Waals surface area contributed by atoms with E-state index in [-0.39, 0.29) is 0 Å². The van der Waals surface area contributed by atoms with E-state index in [1.54, 1.807) is 7.11 Å². The fourth-order valence-electron chi connectivity index (χ4n) is 0.385. The average molecular weight is 114 g/mol. The normalized spacial score (nSPS) is 9.62. The molecule has 0 aliphatic carbocycles. The van der Waals surface area contributed by atoms with Crippen LogP contribution in [0.1, 0.15) is 5.82 Å². The Hall–Kier alpha value is -0.900. The number of ether oxygens (including phenoxy) is 1. The minimum absolute atomic E-state index is 0.413. The molecule has 1 rings (SSSR count). The predicted molar refractivity (Wildman–Crippen MR) is 25.0 cm³/mol. The number of rotatable bonds is 2. The summed E-state index contributed by atoms with van der Waals surface area (Å²) in [6, 6.07) is 0. The van der Waals surface area contributed by atoms with Crippen LogP contribution in [0.3, 0.4) is 0 Å². The van der Waals surface area contributed by atoms with Crippen LogP contribution in [0.25, 0.3) is 0 Å². The van der Waals surface area contributed by atoms with Gasteiger partial charge in [-0.25, -0.2) is 0 Å². The molecule has 1 aromatic rings.